The molecule has 6 aromatic carbocycles. The van der Waals surface area contributed by atoms with Gasteiger partial charge in [-0.2, -0.15) is 0 Å². The smallest absolute Gasteiger partial charge is 0.302 e. The van der Waals surface area contributed by atoms with Crippen LogP contribution < -0.4 is 9.64 Å². The SMILES string of the molecule is C=CCC(OC(C)=O)[C@@H]1[C@@H](N(Cc2cccc3ccccc23)C(=O)c2ccc(C)cc2)c2cc(OCCCO)ccc2N1C(=O)c1ccc2ccccc2c1. The van der Waals surface area contributed by atoms with Crippen LogP contribution in [0.25, 0.3) is 21.5 Å². The van der Waals surface area contributed by atoms with E-state index in [0.29, 0.717) is 34.5 Å². The normalized spacial score (nSPS) is 15.4. The van der Waals surface area contributed by atoms with Gasteiger partial charge < -0.3 is 19.5 Å². The molecule has 6 aromatic rings. The first-order chi connectivity index (χ1) is 26.8. The molecule has 1 aliphatic heterocycles. The van der Waals surface area contributed by atoms with Crippen LogP contribution in [0.2, 0.25) is 0 Å². The topological polar surface area (TPSA) is 96.4 Å². The van der Waals surface area contributed by atoms with Crippen LogP contribution >= 0.6 is 0 Å². The number of carbonyl (C=O) groups is 3. The Morgan fingerprint density at radius 1 is 0.836 bits per heavy atom. The van der Waals surface area contributed by atoms with Crippen molar-refractivity contribution in [2.45, 2.75) is 51.4 Å². The molecule has 1 unspecified atom stereocenters. The Hall–Kier alpha value is -6.25. The zero-order valence-electron chi connectivity index (χ0n) is 31.1. The molecular formula is C47H44N2O6. The molecule has 8 nitrogen and oxygen atoms in total. The number of fused-ring (bicyclic) bond motifs is 3. The van der Waals surface area contributed by atoms with E-state index in [4.69, 9.17) is 9.47 Å². The summed E-state index contributed by atoms with van der Waals surface area (Å²) in [7, 11) is 0. The first-order valence-electron chi connectivity index (χ1n) is 18.6. The molecule has 8 heteroatoms. The summed E-state index contributed by atoms with van der Waals surface area (Å²) in [5, 5.41) is 13.4. The number of aliphatic hydroxyl groups is 1. The Kier molecular flexibility index (Phi) is 11.1. The minimum Gasteiger partial charge on any atom is -0.493 e. The van der Waals surface area contributed by atoms with Gasteiger partial charge in [0.15, 0.2) is 0 Å². The Labute approximate surface area is 321 Å². The molecule has 0 aliphatic carbocycles. The van der Waals surface area contributed by atoms with E-state index in [2.05, 4.69) is 6.58 Å². The number of ether oxygens (including phenoxy) is 2. The maximum absolute atomic E-state index is 15.2. The lowest BCUT2D eigenvalue weighted by Gasteiger charge is -2.39. The summed E-state index contributed by atoms with van der Waals surface area (Å²) in [5.74, 6) is -0.544. The summed E-state index contributed by atoms with van der Waals surface area (Å²) in [6.07, 6.45) is 1.45. The second kappa shape index (κ2) is 16.4. The van der Waals surface area contributed by atoms with Gasteiger partial charge in [-0.3, -0.25) is 19.3 Å². The van der Waals surface area contributed by atoms with Crippen molar-refractivity contribution in [3.63, 3.8) is 0 Å². The molecule has 2 amide bonds. The maximum Gasteiger partial charge on any atom is 0.302 e. The lowest BCUT2D eigenvalue weighted by Crippen LogP contribution is -2.52. The lowest BCUT2D eigenvalue weighted by molar-refractivity contribution is -0.147. The van der Waals surface area contributed by atoms with Gasteiger partial charge in [-0.15, -0.1) is 6.58 Å². The van der Waals surface area contributed by atoms with Crippen molar-refractivity contribution in [2.24, 2.45) is 0 Å². The van der Waals surface area contributed by atoms with Crippen LogP contribution in [0.1, 0.15) is 63.2 Å². The first kappa shape index (κ1) is 37.1. The summed E-state index contributed by atoms with van der Waals surface area (Å²) in [6.45, 7) is 7.74. The van der Waals surface area contributed by atoms with Crippen LogP contribution in [0, 0.1) is 6.92 Å². The van der Waals surface area contributed by atoms with Gasteiger partial charge in [-0.05, 0) is 76.5 Å². The molecular weight excluding hydrogens is 689 g/mol. The highest BCUT2D eigenvalue weighted by atomic mass is 16.5. The Balaban J connectivity index is 1.47. The van der Waals surface area contributed by atoms with Gasteiger partial charge in [-0.25, -0.2) is 0 Å². The van der Waals surface area contributed by atoms with Crippen molar-refractivity contribution < 1.29 is 29.0 Å². The number of esters is 1. The molecule has 0 saturated carbocycles. The summed E-state index contributed by atoms with van der Waals surface area (Å²) in [4.78, 5) is 46.7. The van der Waals surface area contributed by atoms with E-state index in [1.807, 2.05) is 122 Å². The van der Waals surface area contributed by atoms with Crippen LogP contribution in [-0.4, -0.2) is 53.1 Å². The largest absolute Gasteiger partial charge is 0.493 e. The molecule has 0 radical (unpaired) electrons. The number of nitrogens with zero attached hydrogens (tertiary/aromatic N) is 2. The van der Waals surface area contributed by atoms with Crippen molar-refractivity contribution in [2.75, 3.05) is 18.1 Å². The van der Waals surface area contributed by atoms with E-state index in [0.717, 1.165) is 32.7 Å². The van der Waals surface area contributed by atoms with Crippen molar-refractivity contribution in [3.8, 4) is 5.75 Å². The molecule has 1 N–H and O–H groups in total. The summed E-state index contributed by atoms with van der Waals surface area (Å²) >= 11 is 0. The molecule has 278 valence electrons. The van der Waals surface area contributed by atoms with Gasteiger partial charge in [0, 0.05) is 49.6 Å². The number of carbonyl (C=O) groups excluding carboxylic acids is 3. The third-order valence-corrected chi connectivity index (χ3v) is 10.2. The third kappa shape index (κ3) is 7.72. The van der Waals surface area contributed by atoms with E-state index in [1.165, 1.54) is 6.92 Å². The molecule has 0 bridgehead atoms. The molecule has 55 heavy (non-hydrogen) atoms. The molecule has 1 aliphatic rings. The van der Waals surface area contributed by atoms with Crippen molar-refractivity contribution in [1.29, 1.82) is 0 Å². The number of rotatable bonds is 13. The molecule has 0 aromatic heterocycles. The maximum atomic E-state index is 15.2. The molecule has 0 fully saturated rings. The van der Waals surface area contributed by atoms with Crippen LogP contribution in [-0.2, 0) is 16.1 Å². The number of aliphatic hydroxyl groups excluding tert-OH is 1. The quantitative estimate of drug-likeness (QED) is 0.0724. The Bertz CT molecular complexity index is 2370. The number of anilines is 1. The van der Waals surface area contributed by atoms with Gasteiger partial charge in [0.2, 0.25) is 0 Å². The van der Waals surface area contributed by atoms with E-state index >= 15 is 9.59 Å². The van der Waals surface area contributed by atoms with E-state index in [1.54, 1.807) is 28.0 Å². The Morgan fingerprint density at radius 2 is 1.55 bits per heavy atom. The Morgan fingerprint density at radius 3 is 2.29 bits per heavy atom. The highest BCUT2D eigenvalue weighted by Crippen LogP contribution is 2.48. The summed E-state index contributed by atoms with van der Waals surface area (Å²) in [6, 6.07) is 38.8. The fourth-order valence-electron chi connectivity index (χ4n) is 7.65. The van der Waals surface area contributed by atoms with E-state index in [-0.39, 0.29) is 38.0 Å². The number of benzene rings is 6. The van der Waals surface area contributed by atoms with Gasteiger partial charge in [0.05, 0.1) is 24.4 Å². The molecule has 0 saturated heterocycles. The minimum absolute atomic E-state index is 0.0286. The fraction of sp³-hybridized carbons (Fsp3) is 0.213. The number of amides is 2. The van der Waals surface area contributed by atoms with Crippen LogP contribution in [0.5, 0.6) is 5.75 Å². The molecule has 1 heterocycles. The van der Waals surface area contributed by atoms with Crippen molar-refractivity contribution in [1.82, 2.24) is 4.90 Å². The third-order valence-electron chi connectivity index (χ3n) is 10.2. The monoisotopic (exact) mass is 732 g/mol. The van der Waals surface area contributed by atoms with Crippen LogP contribution in [0.4, 0.5) is 5.69 Å². The number of aryl methyl sites for hydroxylation is 1. The lowest BCUT2D eigenvalue weighted by atomic mass is 9.93. The highest BCUT2D eigenvalue weighted by molar-refractivity contribution is 6.10. The average molecular weight is 733 g/mol. The second-order valence-corrected chi connectivity index (χ2v) is 13.9. The van der Waals surface area contributed by atoms with Crippen LogP contribution in [0.3, 0.4) is 0 Å². The van der Waals surface area contributed by atoms with E-state index < -0.39 is 24.2 Å². The first-order valence-corrected chi connectivity index (χ1v) is 18.6. The second-order valence-electron chi connectivity index (χ2n) is 13.9. The molecule has 3 atom stereocenters. The fourth-order valence-corrected chi connectivity index (χ4v) is 7.65. The summed E-state index contributed by atoms with van der Waals surface area (Å²) < 4.78 is 12.2. The predicted octanol–water partition coefficient (Wildman–Crippen LogP) is 8.98. The average Bonchev–Trinajstić information content (AvgIpc) is 3.53. The summed E-state index contributed by atoms with van der Waals surface area (Å²) in [5.41, 5.74) is 4.10. The highest BCUT2D eigenvalue weighted by Gasteiger charge is 2.51. The molecule has 0 spiro atoms. The van der Waals surface area contributed by atoms with Gasteiger partial charge >= 0.3 is 5.97 Å². The van der Waals surface area contributed by atoms with Crippen molar-refractivity contribution in [3.05, 3.63) is 168 Å². The molecule has 7 rings (SSSR count). The number of hydrogen-bond donors (Lipinski definition) is 1. The van der Waals surface area contributed by atoms with Gasteiger partial charge in [-0.1, -0.05) is 96.6 Å². The van der Waals surface area contributed by atoms with Gasteiger partial charge in [0.1, 0.15) is 11.9 Å². The van der Waals surface area contributed by atoms with Gasteiger partial charge in [0.25, 0.3) is 11.8 Å². The number of hydrogen-bond acceptors (Lipinski definition) is 6. The van der Waals surface area contributed by atoms with Crippen LogP contribution in [0.15, 0.2) is 140 Å². The minimum atomic E-state index is -0.878. The van der Waals surface area contributed by atoms with Crippen molar-refractivity contribution >= 4 is 45.0 Å². The predicted molar refractivity (Wildman–Crippen MR) is 216 cm³/mol. The standard InChI is InChI=1S/C47H44N2O6/c1-4-11-43(55-32(3)51)45-44(48(46(52)35-20-18-31(2)19-21-35)30-38-16-9-15-34-13-7-8-17-40(34)38)41-29-39(54-27-10-26-50)24-25-42(41)49(45)47(53)37-23-22-33-12-5-6-14-36(33)28-37/h4-9,12-25,28-29,43-45,50H,1,10-11,26-27,30H2,2-3H3/t43?,44-,45+/m0/s1. The zero-order chi connectivity index (χ0) is 38.5. The van der Waals surface area contributed by atoms with E-state index in [9.17, 15) is 9.90 Å². The zero-order valence-corrected chi connectivity index (χ0v) is 31.1.